The summed E-state index contributed by atoms with van der Waals surface area (Å²) in [6.45, 7) is 3.83. The number of nitrogens with one attached hydrogen (secondary N) is 3. The van der Waals surface area contributed by atoms with Gasteiger partial charge in [0.1, 0.15) is 0 Å². The van der Waals surface area contributed by atoms with Crippen LogP contribution in [0.2, 0.25) is 0 Å². The van der Waals surface area contributed by atoms with Gasteiger partial charge in [-0.3, -0.25) is 5.10 Å². The van der Waals surface area contributed by atoms with E-state index >= 15 is 0 Å². The fourth-order valence-electron chi connectivity index (χ4n) is 1.61. The summed E-state index contributed by atoms with van der Waals surface area (Å²) in [5, 5.41) is 12.4. The standard InChI is InChI=1S/C13H16N4O/c1-9(2)15-13(18)16-11-5-3-4-10(8-11)12-6-7-14-17-12/h3-9H,1-2H3,(H,14,17)(H2,15,16,18). The van der Waals surface area contributed by atoms with Crippen molar-refractivity contribution in [2.75, 3.05) is 5.32 Å². The summed E-state index contributed by atoms with van der Waals surface area (Å²) in [7, 11) is 0. The maximum Gasteiger partial charge on any atom is 0.319 e. The van der Waals surface area contributed by atoms with Crippen molar-refractivity contribution in [2.45, 2.75) is 19.9 Å². The molecule has 0 unspecified atom stereocenters. The van der Waals surface area contributed by atoms with Gasteiger partial charge in [-0.05, 0) is 32.0 Å². The highest BCUT2D eigenvalue weighted by atomic mass is 16.2. The van der Waals surface area contributed by atoms with Crippen molar-refractivity contribution in [3.8, 4) is 11.3 Å². The Morgan fingerprint density at radius 3 is 2.83 bits per heavy atom. The van der Waals surface area contributed by atoms with Crippen molar-refractivity contribution in [1.29, 1.82) is 0 Å². The number of urea groups is 1. The molecule has 0 saturated carbocycles. The highest BCUT2D eigenvalue weighted by molar-refractivity contribution is 5.90. The molecule has 1 heterocycles. The van der Waals surface area contributed by atoms with Gasteiger partial charge in [-0.15, -0.1) is 0 Å². The maximum atomic E-state index is 11.6. The van der Waals surface area contributed by atoms with E-state index in [0.29, 0.717) is 0 Å². The van der Waals surface area contributed by atoms with Gasteiger partial charge in [0.15, 0.2) is 0 Å². The molecule has 0 spiro atoms. The Labute approximate surface area is 106 Å². The second-order valence-corrected chi connectivity index (χ2v) is 4.30. The highest BCUT2D eigenvalue weighted by Gasteiger charge is 2.05. The van der Waals surface area contributed by atoms with Crippen molar-refractivity contribution in [2.24, 2.45) is 0 Å². The lowest BCUT2D eigenvalue weighted by atomic mass is 10.1. The average Bonchev–Trinajstić information content (AvgIpc) is 2.81. The van der Waals surface area contributed by atoms with E-state index in [9.17, 15) is 4.79 Å². The molecule has 0 aliphatic rings. The summed E-state index contributed by atoms with van der Waals surface area (Å²) in [4.78, 5) is 11.6. The third-order valence-corrected chi connectivity index (χ3v) is 2.35. The molecule has 1 aromatic heterocycles. The average molecular weight is 244 g/mol. The van der Waals surface area contributed by atoms with Gasteiger partial charge >= 0.3 is 6.03 Å². The molecule has 5 heteroatoms. The van der Waals surface area contributed by atoms with E-state index in [4.69, 9.17) is 0 Å². The number of benzene rings is 1. The Bertz CT molecular complexity index is 520. The molecule has 0 aliphatic heterocycles. The molecular formula is C13H16N4O. The smallest absolute Gasteiger partial charge is 0.319 e. The number of aromatic amines is 1. The molecule has 18 heavy (non-hydrogen) atoms. The second kappa shape index (κ2) is 5.35. The van der Waals surface area contributed by atoms with Crippen molar-refractivity contribution in [3.63, 3.8) is 0 Å². The van der Waals surface area contributed by atoms with Gasteiger partial charge in [0.2, 0.25) is 0 Å². The van der Waals surface area contributed by atoms with Crippen LogP contribution in [0.25, 0.3) is 11.3 Å². The number of nitrogens with zero attached hydrogens (tertiary/aromatic N) is 1. The lowest BCUT2D eigenvalue weighted by Gasteiger charge is -2.10. The quantitative estimate of drug-likeness (QED) is 0.776. The Morgan fingerprint density at radius 2 is 2.17 bits per heavy atom. The van der Waals surface area contributed by atoms with Crippen LogP contribution in [-0.4, -0.2) is 22.3 Å². The summed E-state index contributed by atoms with van der Waals surface area (Å²) in [5.74, 6) is 0. The zero-order valence-electron chi connectivity index (χ0n) is 10.4. The fraction of sp³-hybridized carbons (Fsp3) is 0.231. The third-order valence-electron chi connectivity index (χ3n) is 2.35. The molecule has 5 nitrogen and oxygen atoms in total. The van der Waals surface area contributed by atoms with Crippen LogP contribution in [-0.2, 0) is 0 Å². The van der Waals surface area contributed by atoms with Gasteiger partial charge < -0.3 is 10.6 Å². The minimum absolute atomic E-state index is 0.112. The van der Waals surface area contributed by atoms with Crippen molar-refractivity contribution in [1.82, 2.24) is 15.5 Å². The second-order valence-electron chi connectivity index (χ2n) is 4.30. The maximum absolute atomic E-state index is 11.6. The van der Waals surface area contributed by atoms with Crippen LogP contribution in [0.1, 0.15) is 13.8 Å². The number of amides is 2. The van der Waals surface area contributed by atoms with Crippen molar-refractivity contribution in [3.05, 3.63) is 36.5 Å². The van der Waals surface area contributed by atoms with Gasteiger partial charge in [0.25, 0.3) is 0 Å². The predicted molar refractivity (Wildman–Crippen MR) is 71.3 cm³/mol. The van der Waals surface area contributed by atoms with E-state index in [2.05, 4.69) is 20.8 Å². The Balaban J connectivity index is 2.11. The predicted octanol–water partition coefficient (Wildman–Crippen LogP) is 2.61. The van der Waals surface area contributed by atoms with Crippen LogP contribution in [0.5, 0.6) is 0 Å². The lowest BCUT2D eigenvalue weighted by molar-refractivity contribution is 0.250. The molecule has 2 rings (SSSR count). The normalized spacial score (nSPS) is 10.4. The van der Waals surface area contributed by atoms with Gasteiger partial charge in [-0.2, -0.15) is 5.10 Å². The van der Waals surface area contributed by atoms with Crippen LogP contribution >= 0.6 is 0 Å². The summed E-state index contributed by atoms with van der Waals surface area (Å²) < 4.78 is 0. The van der Waals surface area contributed by atoms with Crippen LogP contribution < -0.4 is 10.6 Å². The van der Waals surface area contributed by atoms with Gasteiger partial charge in [0, 0.05) is 23.5 Å². The fourth-order valence-corrected chi connectivity index (χ4v) is 1.61. The number of hydrogen-bond acceptors (Lipinski definition) is 2. The van der Waals surface area contributed by atoms with Gasteiger partial charge in [-0.1, -0.05) is 12.1 Å². The molecule has 0 aliphatic carbocycles. The van der Waals surface area contributed by atoms with E-state index in [1.807, 2.05) is 44.2 Å². The van der Waals surface area contributed by atoms with Gasteiger partial charge in [0.05, 0.1) is 5.69 Å². The lowest BCUT2D eigenvalue weighted by Crippen LogP contribution is -2.34. The number of anilines is 1. The van der Waals surface area contributed by atoms with E-state index in [0.717, 1.165) is 16.9 Å². The van der Waals surface area contributed by atoms with Crippen molar-refractivity contribution < 1.29 is 4.79 Å². The number of H-pyrrole nitrogens is 1. The minimum atomic E-state index is -0.202. The third kappa shape index (κ3) is 3.10. The summed E-state index contributed by atoms with van der Waals surface area (Å²) in [6, 6.07) is 9.38. The monoisotopic (exact) mass is 244 g/mol. The zero-order valence-corrected chi connectivity index (χ0v) is 10.4. The number of rotatable bonds is 3. The Morgan fingerprint density at radius 1 is 1.33 bits per heavy atom. The van der Waals surface area contributed by atoms with E-state index in [1.165, 1.54) is 0 Å². The minimum Gasteiger partial charge on any atom is -0.336 e. The first-order chi connectivity index (χ1) is 8.65. The van der Waals surface area contributed by atoms with Crippen LogP contribution in [0.15, 0.2) is 36.5 Å². The molecular weight excluding hydrogens is 228 g/mol. The Kier molecular flexibility index (Phi) is 3.62. The highest BCUT2D eigenvalue weighted by Crippen LogP contribution is 2.20. The molecule has 2 amide bonds. The number of hydrogen-bond donors (Lipinski definition) is 3. The first-order valence-corrected chi connectivity index (χ1v) is 5.82. The van der Waals surface area contributed by atoms with Crippen LogP contribution in [0.4, 0.5) is 10.5 Å². The van der Waals surface area contributed by atoms with Crippen molar-refractivity contribution >= 4 is 11.7 Å². The Hall–Kier alpha value is -2.30. The summed E-state index contributed by atoms with van der Waals surface area (Å²) in [6.07, 6.45) is 1.70. The SMILES string of the molecule is CC(C)NC(=O)Nc1cccc(-c2ccn[nH]2)c1. The molecule has 0 radical (unpaired) electrons. The van der Waals surface area contributed by atoms with Gasteiger partial charge in [-0.25, -0.2) is 4.79 Å². The zero-order chi connectivity index (χ0) is 13.0. The molecule has 0 atom stereocenters. The molecule has 94 valence electrons. The molecule has 0 bridgehead atoms. The van der Waals surface area contributed by atoms with E-state index in [1.54, 1.807) is 6.20 Å². The molecule has 2 aromatic rings. The number of carbonyl (C=O) groups is 1. The van der Waals surface area contributed by atoms with E-state index in [-0.39, 0.29) is 12.1 Å². The largest absolute Gasteiger partial charge is 0.336 e. The topological polar surface area (TPSA) is 69.8 Å². The first-order valence-electron chi connectivity index (χ1n) is 5.82. The van der Waals surface area contributed by atoms with E-state index < -0.39 is 0 Å². The molecule has 3 N–H and O–H groups in total. The summed E-state index contributed by atoms with van der Waals surface area (Å²) >= 11 is 0. The summed E-state index contributed by atoms with van der Waals surface area (Å²) in [5.41, 5.74) is 2.65. The van der Waals surface area contributed by atoms with Crippen LogP contribution in [0.3, 0.4) is 0 Å². The molecule has 1 aromatic carbocycles. The number of aromatic nitrogens is 2. The van der Waals surface area contributed by atoms with Crippen LogP contribution in [0, 0.1) is 0 Å². The molecule has 0 saturated heterocycles. The molecule has 0 fully saturated rings. The first kappa shape index (κ1) is 12.2. The number of carbonyl (C=O) groups excluding carboxylic acids is 1.